The first-order valence-electron chi connectivity index (χ1n) is 5.52. The van der Waals surface area contributed by atoms with Crippen molar-refractivity contribution in [3.8, 4) is 0 Å². The number of hydrogen-bond acceptors (Lipinski definition) is 3. The Balaban J connectivity index is 2.12. The molecule has 0 bridgehead atoms. The van der Waals surface area contributed by atoms with E-state index in [1.54, 1.807) is 0 Å². The third kappa shape index (κ3) is 3.29. The summed E-state index contributed by atoms with van der Waals surface area (Å²) in [7, 11) is 0. The fourth-order valence-corrected chi connectivity index (χ4v) is 2.29. The number of halogens is 3. The molecule has 1 heterocycles. The second kappa shape index (κ2) is 5.95. The molecule has 0 spiro atoms. The second-order valence-electron chi connectivity index (χ2n) is 4.08. The summed E-state index contributed by atoms with van der Waals surface area (Å²) in [5.41, 5.74) is 1.03. The van der Waals surface area contributed by atoms with Gasteiger partial charge in [-0.3, -0.25) is 0 Å². The molecule has 2 rings (SSSR count). The van der Waals surface area contributed by atoms with E-state index < -0.39 is 16.2 Å². The Labute approximate surface area is 121 Å². The zero-order chi connectivity index (χ0) is 13.2. The van der Waals surface area contributed by atoms with Gasteiger partial charge in [-0.25, -0.2) is 0 Å². The second-order valence-corrected chi connectivity index (χ2v) is 6.45. The molecule has 3 nitrogen and oxygen atoms in total. The van der Waals surface area contributed by atoms with Gasteiger partial charge >= 0.3 is 0 Å². The van der Waals surface area contributed by atoms with Crippen molar-refractivity contribution < 1.29 is 14.6 Å². The molecule has 0 aliphatic carbocycles. The van der Waals surface area contributed by atoms with Gasteiger partial charge in [-0.1, -0.05) is 65.1 Å². The summed E-state index contributed by atoms with van der Waals surface area (Å²) < 4.78 is 9.25. The van der Waals surface area contributed by atoms with Crippen LogP contribution in [-0.2, 0) is 9.47 Å². The van der Waals surface area contributed by atoms with Crippen molar-refractivity contribution in [2.75, 3.05) is 13.2 Å². The number of aliphatic hydroxyl groups excluding tert-OH is 1. The molecular formula is C12H13Cl3O3. The lowest BCUT2D eigenvalue weighted by molar-refractivity contribution is -0.226. The summed E-state index contributed by atoms with van der Waals surface area (Å²) in [6, 6.07) is 9.67. The molecule has 1 aliphatic heterocycles. The number of ether oxygens (including phenoxy) is 2. The molecule has 0 aromatic heterocycles. The van der Waals surface area contributed by atoms with E-state index in [0.717, 1.165) is 5.56 Å². The first kappa shape index (κ1) is 14.4. The lowest BCUT2D eigenvalue weighted by Crippen LogP contribution is -2.46. The van der Waals surface area contributed by atoms with Crippen molar-refractivity contribution in [1.29, 1.82) is 0 Å². The fraction of sp³-hybridized carbons (Fsp3) is 0.500. The molecule has 1 N–H and O–H groups in total. The quantitative estimate of drug-likeness (QED) is 0.854. The minimum atomic E-state index is -1.66. The van der Waals surface area contributed by atoms with E-state index in [0.29, 0.717) is 6.61 Å². The number of benzene rings is 1. The minimum absolute atomic E-state index is 0.0696. The Kier molecular flexibility index (Phi) is 4.75. The van der Waals surface area contributed by atoms with E-state index >= 15 is 0 Å². The van der Waals surface area contributed by atoms with E-state index in [9.17, 15) is 5.11 Å². The average molecular weight is 312 g/mol. The number of rotatable bonds is 2. The van der Waals surface area contributed by atoms with Crippen molar-refractivity contribution in [2.24, 2.45) is 0 Å². The molecular weight excluding hydrogens is 298 g/mol. The summed E-state index contributed by atoms with van der Waals surface area (Å²) in [6.45, 7) is 0.188. The SMILES string of the molecule is OCC1OC(C(Cl)(Cl)Cl)OCC1c1ccccc1. The molecule has 1 aliphatic rings. The molecule has 0 radical (unpaired) electrons. The third-order valence-corrected chi connectivity index (χ3v) is 3.38. The van der Waals surface area contributed by atoms with E-state index in [1.165, 1.54) is 0 Å². The Morgan fingerprint density at radius 3 is 2.44 bits per heavy atom. The fourth-order valence-electron chi connectivity index (χ4n) is 1.94. The highest BCUT2D eigenvalue weighted by Gasteiger charge is 2.42. The van der Waals surface area contributed by atoms with Crippen molar-refractivity contribution in [3.05, 3.63) is 35.9 Å². The van der Waals surface area contributed by atoms with Crippen LogP contribution in [0.1, 0.15) is 11.5 Å². The summed E-state index contributed by atoms with van der Waals surface area (Å²) in [5.74, 6) is -0.0696. The normalized spacial score (nSPS) is 29.2. The van der Waals surface area contributed by atoms with Crippen molar-refractivity contribution in [2.45, 2.75) is 22.1 Å². The third-order valence-electron chi connectivity index (χ3n) is 2.85. The van der Waals surface area contributed by atoms with E-state index in [1.807, 2.05) is 30.3 Å². The summed E-state index contributed by atoms with van der Waals surface area (Å²) in [4.78, 5) is 0. The van der Waals surface area contributed by atoms with Crippen LogP contribution in [0.15, 0.2) is 30.3 Å². The van der Waals surface area contributed by atoms with E-state index in [2.05, 4.69) is 0 Å². The van der Waals surface area contributed by atoms with Crippen LogP contribution in [0.2, 0.25) is 0 Å². The van der Waals surface area contributed by atoms with Gasteiger partial charge in [0.15, 0.2) is 0 Å². The zero-order valence-electron chi connectivity index (χ0n) is 9.43. The van der Waals surface area contributed by atoms with Crippen molar-refractivity contribution >= 4 is 34.8 Å². The van der Waals surface area contributed by atoms with Gasteiger partial charge in [-0.15, -0.1) is 0 Å². The van der Waals surface area contributed by atoms with Gasteiger partial charge in [0.05, 0.1) is 19.3 Å². The largest absolute Gasteiger partial charge is 0.394 e. The summed E-state index contributed by atoms with van der Waals surface area (Å²) in [6.07, 6.45) is -1.40. The Morgan fingerprint density at radius 1 is 1.22 bits per heavy atom. The first-order valence-corrected chi connectivity index (χ1v) is 6.65. The molecule has 18 heavy (non-hydrogen) atoms. The van der Waals surface area contributed by atoms with Crippen LogP contribution in [0.3, 0.4) is 0 Å². The Hall–Kier alpha value is -0.0300. The standard InChI is InChI=1S/C12H13Cl3O3/c13-12(14,15)11-17-7-9(10(6-16)18-11)8-4-2-1-3-5-8/h1-5,9-11,16H,6-7H2. The molecule has 3 atom stereocenters. The van der Waals surface area contributed by atoms with Crippen molar-refractivity contribution in [1.82, 2.24) is 0 Å². The van der Waals surface area contributed by atoms with Crippen LogP contribution in [0.4, 0.5) is 0 Å². The number of aliphatic hydroxyl groups is 1. The van der Waals surface area contributed by atoms with Gasteiger partial charge in [0.2, 0.25) is 10.1 Å². The molecule has 0 saturated carbocycles. The van der Waals surface area contributed by atoms with Gasteiger partial charge in [-0.05, 0) is 5.56 Å². The van der Waals surface area contributed by atoms with Gasteiger partial charge in [-0.2, -0.15) is 0 Å². The lowest BCUT2D eigenvalue weighted by atomic mass is 9.94. The highest BCUT2D eigenvalue weighted by atomic mass is 35.6. The molecule has 1 saturated heterocycles. The smallest absolute Gasteiger partial charge is 0.240 e. The lowest BCUT2D eigenvalue weighted by Gasteiger charge is -2.38. The van der Waals surface area contributed by atoms with Gasteiger partial charge < -0.3 is 14.6 Å². The Bertz CT molecular complexity index is 380. The summed E-state index contributed by atoms with van der Waals surface area (Å²) in [5, 5.41) is 9.40. The molecule has 6 heteroatoms. The van der Waals surface area contributed by atoms with Gasteiger partial charge in [0.25, 0.3) is 0 Å². The maximum absolute atomic E-state index is 9.40. The van der Waals surface area contributed by atoms with Gasteiger partial charge in [0.1, 0.15) is 0 Å². The average Bonchev–Trinajstić information content (AvgIpc) is 2.38. The maximum atomic E-state index is 9.40. The number of hydrogen-bond donors (Lipinski definition) is 1. The highest BCUT2D eigenvalue weighted by molar-refractivity contribution is 6.67. The van der Waals surface area contributed by atoms with Crippen LogP contribution >= 0.6 is 34.8 Å². The summed E-state index contributed by atoms with van der Waals surface area (Å²) >= 11 is 17.2. The van der Waals surface area contributed by atoms with Crippen LogP contribution in [0, 0.1) is 0 Å². The monoisotopic (exact) mass is 310 g/mol. The molecule has 3 unspecified atom stereocenters. The highest BCUT2D eigenvalue weighted by Crippen LogP contribution is 2.38. The minimum Gasteiger partial charge on any atom is -0.394 e. The molecule has 0 amide bonds. The first-order chi connectivity index (χ1) is 8.52. The molecule has 100 valence electrons. The predicted molar refractivity (Wildman–Crippen MR) is 71.2 cm³/mol. The molecule has 1 fully saturated rings. The van der Waals surface area contributed by atoms with E-state index in [-0.39, 0.29) is 12.5 Å². The number of alkyl halides is 3. The predicted octanol–water partition coefficient (Wildman–Crippen LogP) is 2.87. The van der Waals surface area contributed by atoms with Crippen LogP contribution < -0.4 is 0 Å². The molecule has 1 aromatic rings. The Morgan fingerprint density at radius 2 is 1.89 bits per heavy atom. The van der Waals surface area contributed by atoms with Gasteiger partial charge in [0, 0.05) is 5.92 Å². The van der Waals surface area contributed by atoms with Crippen LogP contribution in [0.5, 0.6) is 0 Å². The van der Waals surface area contributed by atoms with Crippen LogP contribution in [0.25, 0.3) is 0 Å². The van der Waals surface area contributed by atoms with E-state index in [4.69, 9.17) is 44.3 Å². The topological polar surface area (TPSA) is 38.7 Å². The molecule has 1 aromatic carbocycles. The van der Waals surface area contributed by atoms with Crippen LogP contribution in [-0.4, -0.2) is 34.5 Å². The van der Waals surface area contributed by atoms with Crippen molar-refractivity contribution in [3.63, 3.8) is 0 Å². The zero-order valence-corrected chi connectivity index (χ0v) is 11.7. The maximum Gasteiger partial charge on any atom is 0.240 e.